The Kier molecular flexibility index (Phi) is 9.45. The maximum Gasteiger partial charge on any atom is 0.255 e. The first-order valence-corrected chi connectivity index (χ1v) is 13.9. The van der Waals surface area contributed by atoms with Crippen molar-refractivity contribution >= 4 is 46.9 Å². The quantitative estimate of drug-likeness (QED) is 0.130. The van der Waals surface area contributed by atoms with E-state index in [4.69, 9.17) is 0 Å². The molecule has 0 aromatic heterocycles. The van der Waals surface area contributed by atoms with Gasteiger partial charge in [0.05, 0.1) is 0 Å². The maximum atomic E-state index is 12.9. The molecule has 0 atom stereocenters. The molecule has 5 aromatic rings. The lowest BCUT2D eigenvalue weighted by Crippen LogP contribution is -2.12. The molecule has 44 heavy (non-hydrogen) atoms. The molecule has 0 saturated carbocycles. The summed E-state index contributed by atoms with van der Waals surface area (Å²) < 4.78 is 0. The summed E-state index contributed by atoms with van der Waals surface area (Å²) >= 11 is 0. The third-order valence-electron chi connectivity index (χ3n) is 6.65. The summed E-state index contributed by atoms with van der Waals surface area (Å²) in [7, 11) is 0. The fourth-order valence-electron chi connectivity index (χ4n) is 4.39. The van der Waals surface area contributed by atoms with E-state index in [1.165, 1.54) is 12.2 Å². The Labute approximate surface area is 255 Å². The molecule has 0 bridgehead atoms. The largest absolute Gasteiger partial charge is 0.322 e. The van der Waals surface area contributed by atoms with E-state index in [0.29, 0.717) is 33.6 Å². The van der Waals surface area contributed by atoms with E-state index in [9.17, 15) is 19.2 Å². The number of rotatable bonds is 10. The number of anilines is 2. The van der Waals surface area contributed by atoms with Crippen LogP contribution in [0.2, 0.25) is 0 Å². The van der Waals surface area contributed by atoms with Gasteiger partial charge in [-0.15, -0.1) is 0 Å². The van der Waals surface area contributed by atoms with Crippen molar-refractivity contribution in [3.05, 3.63) is 179 Å². The second-order valence-corrected chi connectivity index (χ2v) is 9.87. The first-order valence-electron chi connectivity index (χ1n) is 13.9. The predicted octanol–water partition coefficient (Wildman–Crippen LogP) is 7.98. The maximum absolute atomic E-state index is 12.9. The molecular formula is C38H28N2O4. The fraction of sp³-hybridized carbons (Fsp3) is 0. The van der Waals surface area contributed by atoms with Crippen molar-refractivity contribution in [2.75, 3.05) is 10.6 Å². The van der Waals surface area contributed by atoms with E-state index in [1.54, 1.807) is 109 Å². The molecule has 0 aliphatic carbocycles. The van der Waals surface area contributed by atoms with Crippen molar-refractivity contribution in [1.29, 1.82) is 0 Å². The minimum atomic E-state index is -0.253. The lowest BCUT2D eigenvalue weighted by Gasteiger charge is -2.06. The number of ketones is 2. The van der Waals surface area contributed by atoms with E-state index in [0.717, 1.165) is 11.1 Å². The van der Waals surface area contributed by atoms with Crippen LogP contribution in [0.5, 0.6) is 0 Å². The standard InChI is InChI=1S/C38H28N2O4/c41-35(31-16-8-18-33(25-31)39-37(43)29-12-3-1-4-13-29)22-20-27-10-7-11-28(24-27)21-23-36(42)32-17-9-19-34(26-32)40-38(44)30-14-5-2-6-15-30/h1-26H,(H,39,43)(H,40,44)/b22-20+,23-21+. The molecular weight excluding hydrogens is 548 g/mol. The van der Waals surface area contributed by atoms with Crippen molar-refractivity contribution in [3.63, 3.8) is 0 Å². The second-order valence-electron chi connectivity index (χ2n) is 9.87. The molecule has 2 N–H and O–H groups in total. The van der Waals surface area contributed by atoms with Crippen LogP contribution >= 0.6 is 0 Å². The van der Waals surface area contributed by atoms with E-state index < -0.39 is 0 Å². The van der Waals surface area contributed by atoms with Crippen LogP contribution in [0.25, 0.3) is 12.2 Å². The second kappa shape index (κ2) is 14.2. The average molecular weight is 577 g/mol. The molecule has 5 aromatic carbocycles. The molecule has 0 saturated heterocycles. The molecule has 2 amide bonds. The van der Waals surface area contributed by atoms with Crippen molar-refractivity contribution in [2.24, 2.45) is 0 Å². The summed E-state index contributed by atoms with van der Waals surface area (Å²) in [5.41, 5.74) is 4.56. The van der Waals surface area contributed by atoms with Crippen LogP contribution in [0.15, 0.2) is 146 Å². The molecule has 0 radical (unpaired) electrons. The minimum absolute atomic E-state index is 0.212. The summed E-state index contributed by atoms with van der Waals surface area (Å²) in [5, 5.41) is 5.64. The lowest BCUT2D eigenvalue weighted by molar-refractivity contribution is 0.101. The summed E-state index contributed by atoms with van der Waals surface area (Å²) in [6.45, 7) is 0. The van der Waals surface area contributed by atoms with Gasteiger partial charge in [0, 0.05) is 33.6 Å². The summed E-state index contributed by atoms with van der Waals surface area (Å²) in [4.78, 5) is 50.7. The molecule has 0 unspecified atom stereocenters. The van der Waals surface area contributed by atoms with Gasteiger partial charge in [-0.1, -0.05) is 91.0 Å². The van der Waals surface area contributed by atoms with E-state index in [-0.39, 0.29) is 23.4 Å². The molecule has 5 rings (SSSR count). The van der Waals surface area contributed by atoms with Crippen LogP contribution in [0.3, 0.4) is 0 Å². The van der Waals surface area contributed by atoms with Crippen LogP contribution < -0.4 is 10.6 Å². The molecule has 214 valence electrons. The van der Waals surface area contributed by atoms with Gasteiger partial charge in [0.1, 0.15) is 0 Å². The molecule has 6 nitrogen and oxygen atoms in total. The number of allylic oxidation sites excluding steroid dienone is 2. The van der Waals surface area contributed by atoms with Crippen molar-refractivity contribution in [1.82, 2.24) is 0 Å². The van der Waals surface area contributed by atoms with Gasteiger partial charge in [0.15, 0.2) is 11.6 Å². The van der Waals surface area contributed by atoms with Gasteiger partial charge in [-0.25, -0.2) is 0 Å². The molecule has 0 aliphatic rings. The zero-order chi connectivity index (χ0) is 30.7. The number of benzene rings is 5. The summed E-state index contributed by atoms with van der Waals surface area (Å²) in [6.07, 6.45) is 6.36. The molecule has 0 aliphatic heterocycles. The minimum Gasteiger partial charge on any atom is -0.322 e. The Morgan fingerprint density at radius 2 is 0.795 bits per heavy atom. The van der Waals surface area contributed by atoms with Crippen LogP contribution in [0.4, 0.5) is 11.4 Å². The van der Waals surface area contributed by atoms with Gasteiger partial charge in [-0.2, -0.15) is 0 Å². The van der Waals surface area contributed by atoms with Crippen LogP contribution in [-0.4, -0.2) is 23.4 Å². The first kappa shape index (κ1) is 29.4. The zero-order valence-corrected chi connectivity index (χ0v) is 23.6. The molecule has 0 fully saturated rings. The number of hydrogen-bond donors (Lipinski definition) is 2. The number of hydrogen-bond acceptors (Lipinski definition) is 4. The lowest BCUT2D eigenvalue weighted by atomic mass is 10.1. The SMILES string of the molecule is O=C(/C=C/c1cccc(/C=C/C(=O)c2cccc(NC(=O)c3ccccc3)c2)c1)c1cccc(NC(=O)c2ccccc2)c1. The number of carbonyl (C=O) groups is 4. The highest BCUT2D eigenvalue weighted by atomic mass is 16.2. The number of nitrogens with one attached hydrogen (secondary N) is 2. The Morgan fingerprint density at radius 3 is 1.23 bits per heavy atom. The Morgan fingerprint density at radius 1 is 0.409 bits per heavy atom. The van der Waals surface area contributed by atoms with Crippen molar-refractivity contribution in [2.45, 2.75) is 0 Å². The normalized spacial score (nSPS) is 10.9. The van der Waals surface area contributed by atoms with E-state index >= 15 is 0 Å². The molecule has 0 spiro atoms. The van der Waals surface area contributed by atoms with E-state index in [1.807, 2.05) is 36.4 Å². The van der Waals surface area contributed by atoms with Gasteiger partial charge < -0.3 is 10.6 Å². The van der Waals surface area contributed by atoms with Crippen LogP contribution in [0.1, 0.15) is 52.6 Å². The van der Waals surface area contributed by atoms with Gasteiger partial charge in [-0.3, -0.25) is 19.2 Å². The van der Waals surface area contributed by atoms with Crippen LogP contribution in [-0.2, 0) is 0 Å². The summed E-state index contributed by atoms with van der Waals surface area (Å²) in [6, 6.07) is 38.7. The van der Waals surface area contributed by atoms with Gasteiger partial charge >= 0.3 is 0 Å². The summed E-state index contributed by atoms with van der Waals surface area (Å²) in [5.74, 6) is -0.930. The average Bonchev–Trinajstić information content (AvgIpc) is 3.07. The topological polar surface area (TPSA) is 92.3 Å². The highest BCUT2D eigenvalue weighted by Gasteiger charge is 2.09. The van der Waals surface area contributed by atoms with Crippen molar-refractivity contribution in [3.8, 4) is 0 Å². The third-order valence-corrected chi connectivity index (χ3v) is 6.65. The Hall–Kier alpha value is -6.14. The predicted molar refractivity (Wildman–Crippen MR) is 175 cm³/mol. The van der Waals surface area contributed by atoms with Gasteiger partial charge in [0.2, 0.25) is 0 Å². The first-order chi connectivity index (χ1) is 21.4. The zero-order valence-electron chi connectivity index (χ0n) is 23.6. The van der Waals surface area contributed by atoms with Gasteiger partial charge in [0.25, 0.3) is 11.8 Å². The van der Waals surface area contributed by atoms with E-state index in [2.05, 4.69) is 10.6 Å². The Bertz CT molecular complexity index is 1740. The van der Waals surface area contributed by atoms with Crippen molar-refractivity contribution < 1.29 is 19.2 Å². The third kappa shape index (κ3) is 7.99. The van der Waals surface area contributed by atoms with Crippen LogP contribution in [0, 0.1) is 0 Å². The Balaban J connectivity index is 1.21. The monoisotopic (exact) mass is 576 g/mol. The number of amides is 2. The fourth-order valence-corrected chi connectivity index (χ4v) is 4.39. The molecule has 0 heterocycles. The molecule has 6 heteroatoms. The number of carbonyl (C=O) groups excluding carboxylic acids is 4. The smallest absolute Gasteiger partial charge is 0.255 e. The van der Waals surface area contributed by atoms with Gasteiger partial charge in [-0.05, 0) is 77.9 Å². The highest BCUT2D eigenvalue weighted by Crippen LogP contribution is 2.17. The highest BCUT2D eigenvalue weighted by molar-refractivity contribution is 6.10.